The first-order chi connectivity index (χ1) is 8.49. The van der Waals surface area contributed by atoms with Crippen LogP contribution >= 0.6 is 0 Å². The third-order valence-electron chi connectivity index (χ3n) is 2.64. The van der Waals surface area contributed by atoms with Crippen molar-refractivity contribution >= 4 is 17.5 Å². The first-order valence-electron chi connectivity index (χ1n) is 5.63. The van der Waals surface area contributed by atoms with E-state index in [2.05, 4.69) is 10.3 Å². The molecule has 1 rings (SSSR count). The number of nitrogens with zero attached hydrogens (tertiary/aromatic N) is 2. The number of hydrogen-bond donors (Lipinski definition) is 2. The summed E-state index contributed by atoms with van der Waals surface area (Å²) < 4.78 is 0. The van der Waals surface area contributed by atoms with Gasteiger partial charge in [-0.15, -0.1) is 0 Å². The van der Waals surface area contributed by atoms with Crippen LogP contribution in [0.3, 0.4) is 0 Å². The predicted octanol–water partition coefficient (Wildman–Crippen LogP) is 2.29. The van der Waals surface area contributed by atoms with E-state index in [1.54, 1.807) is 0 Å². The topological polar surface area (TPSA) is 105 Å². The van der Waals surface area contributed by atoms with Crippen LogP contribution in [0.4, 0.5) is 11.5 Å². The molecule has 0 unspecified atom stereocenters. The van der Waals surface area contributed by atoms with Crippen molar-refractivity contribution in [2.45, 2.75) is 32.7 Å². The Morgan fingerprint density at radius 2 is 2.17 bits per heavy atom. The van der Waals surface area contributed by atoms with Crippen LogP contribution in [0.5, 0.6) is 0 Å². The van der Waals surface area contributed by atoms with E-state index in [-0.39, 0.29) is 23.1 Å². The summed E-state index contributed by atoms with van der Waals surface area (Å²) >= 11 is 0. The molecule has 0 fully saturated rings. The molecule has 98 valence electrons. The normalized spacial score (nSPS) is 10.4. The summed E-state index contributed by atoms with van der Waals surface area (Å²) in [6.45, 7) is 3.91. The highest BCUT2D eigenvalue weighted by atomic mass is 16.6. The summed E-state index contributed by atoms with van der Waals surface area (Å²) in [7, 11) is 0. The van der Waals surface area contributed by atoms with Gasteiger partial charge in [0, 0.05) is 18.3 Å². The molecule has 1 heterocycles. The Balaban J connectivity index is 3.11. The molecular weight excluding hydrogens is 238 g/mol. The van der Waals surface area contributed by atoms with Gasteiger partial charge in [0.25, 0.3) is 0 Å². The van der Waals surface area contributed by atoms with Crippen molar-refractivity contribution in [3.8, 4) is 0 Å². The van der Waals surface area contributed by atoms with Crippen LogP contribution in [-0.4, -0.2) is 27.0 Å². The molecule has 0 saturated heterocycles. The summed E-state index contributed by atoms with van der Waals surface area (Å²) in [6, 6.07) is 1.09. The second-order valence-corrected chi connectivity index (χ2v) is 3.81. The lowest BCUT2D eigenvalue weighted by atomic mass is 10.1. The fourth-order valence-electron chi connectivity index (χ4n) is 1.51. The SMILES string of the molecule is CCC(CC)Nc1ncc(C(=O)O)cc1[N+](=O)[O-]. The molecule has 0 saturated carbocycles. The Kier molecular flexibility index (Phi) is 4.59. The molecule has 0 radical (unpaired) electrons. The second kappa shape index (κ2) is 5.95. The van der Waals surface area contributed by atoms with E-state index < -0.39 is 10.9 Å². The maximum absolute atomic E-state index is 10.9. The minimum Gasteiger partial charge on any atom is -0.478 e. The molecule has 0 aliphatic heterocycles. The van der Waals surface area contributed by atoms with Crippen molar-refractivity contribution in [1.29, 1.82) is 0 Å². The molecule has 18 heavy (non-hydrogen) atoms. The van der Waals surface area contributed by atoms with Crippen molar-refractivity contribution in [3.63, 3.8) is 0 Å². The van der Waals surface area contributed by atoms with Gasteiger partial charge in [-0.3, -0.25) is 10.1 Å². The Morgan fingerprint density at radius 3 is 2.61 bits per heavy atom. The summed E-state index contributed by atoms with van der Waals surface area (Å²) in [4.78, 5) is 24.8. The molecule has 0 spiro atoms. The largest absolute Gasteiger partial charge is 0.478 e. The lowest BCUT2D eigenvalue weighted by Gasteiger charge is -2.15. The molecule has 1 aromatic heterocycles. The number of carboxylic acid groups (broad SMARTS) is 1. The first-order valence-corrected chi connectivity index (χ1v) is 5.63. The molecule has 0 aliphatic carbocycles. The van der Waals surface area contributed by atoms with E-state index in [0.29, 0.717) is 0 Å². The van der Waals surface area contributed by atoms with E-state index >= 15 is 0 Å². The zero-order chi connectivity index (χ0) is 13.7. The standard InChI is InChI=1S/C11H15N3O4/c1-3-8(4-2)13-10-9(14(17)18)5-7(6-12-10)11(15)16/h5-6,8H,3-4H2,1-2H3,(H,12,13)(H,15,16). The highest BCUT2D eigenvalue weighted by molar-refractivity contribution is 5.88. The maximum atomic E-state index is 10.9. The van der Waals surface area contributed by atoms with E-state index in [1.165, 1.54) is 0 Å². The fourth-order valence-corrected chi connectivity index (χ4v) is 1.51. The third kappa shape index (κ3) is 3.16. The number of carboxylic acids is 1. The number of carbonyl (C=O) groups is 1. The van der Waals surface area contributed by atoms with E-state index in [1.807, 2.05) is 13.8 Å². The van der Waals surface area contributed by atoms with Gasteiger partial charge < -0.3 is 10.4 Å². The minimum absolute atomic E-state index is 0.0758. The van der Waals surface area contributed by atoms with Crippen LogP contribution in [-0.2, 0) is 0 Å². The molecule has 2 N–H and O–H groups in total. The number of rotatable bonds is 6. The number of aromatic carboxylic acids is 1. The number of hydrogen-bond acceptors (Lipinski definition) is 5. The number of nitro groups is 1. The van der Waals surface area contributed by atoms with Crippen molar-refractivity contribution in [1.82, 2.24) is 4.98 Å². The van der Waals surface area contributed by atoms with Gasteiger partial charge in [0.2, 0.25) is 5.82 Å². The van der Waals surface area contributed by atoms with Gasteiger partial charge in [-0.05, 0) is 12.8 Å². The zero-order valence-electron chi connectivity index (χ0n) is 10.2. The van der Waals surface area contributed by atoms with Gasteiger partial charge in [-0.25, -0.2) is 9.78 Å². The van der Waals surface area contributed by atoms with Crippen LogP contribution in [0.15, 0.2) is 12.3 Å². The Labute approximate surface area is 104 Å². The average Bonchev–Trinajstić information content (AvgIpc) is 2.35. The molecule has 0 atom stereocenters. The van der Waals surface area contributed by atoms with Crippen molar-refractivity contribution in [2.24, 2.45) is 0 Å². The van der Waals surface area contributed by atoms with E-state index in [4.69, 9.17) is 5.11 Å². The highest BCUT2D eigenvalue weighted by Gasteiger charge is 2.20. The summed E-state index contributed by atoms with van der Waals surface area (Å²) in [5.41, 5.74) is -0.515. The number of nitrogens with one attached hydrogen (secondary N) is 1. The Morgan fingerprint density at radius 1 is 1.56 bits per heavy atom. The van der Waals surface area contributed by atoms with Gasteiger partial charge >= 0.3 is 11.7 Å². The van der Waals surface area contributed by atoms with Gasteiger partial charge in [0.15, 0.2) is 0 Å². The number of aromatic nitrogens is 1. The third-order valence-corrected chi connectivity index (χ3v) is 2.64. The smallest absolute Gasteiger partial charge is 0.337 e. The van der Waals surface area contributed by atoms with E-state index in [0.717, 1.165) is 25.1 Å². The molecule has 1 aromatic rings. The van der Waals surface area contributed by atoms with Crippen LogP contribution in [0.2, 0.25) is 0 Å². The molecular formula is C11H15N3O4. The van der Waals surface area contributed by atoms with Crippen LogP contribution < -0.4 is 5.32 Å². The van der Waals surface area contributed by atoms with Gasteiger partial charge in [-0.2, -0.15) is 0 Å². The Bertz CT molecular complexity index is 458. The maximum Gasteiger partial charge on any atom is 0.337 e. The zero-order valence-corrected chi connectivity index (χ0v) is 10.2. The van der Waals surface area contributed by atoms with Crippen molar-refractivity contribution in [2.75, 3.05) is 5.32 Å². The van der Waals surface area contributed by atoms with Crippen molar-refractivity contribution in [3.05, 3.63) is 27.9 Å². The average molecular weight is 253 g/mol. The Hall–Kier alpha value is -2.18. The molecule has 0 aliphatic rings. The highest BCUT2D eigenvalue weighted by Crippen LogP contribution is 2.24. The number of pyridine rings is 1. The molecule has 7 nitrogen and oxygen atoms in total. The number of anilines is 1. The lowest BCUT2D eigenvalue weighted by molar-refractivity contribution is -0.384. The molecule has 0 bridgehead atoms. The summed E-state index contributed by atoms with van der Waals surface area (Å²) in [5.74, 6) is -1.13. The molecule has 0 aromatic carbocycles. The van der Waals surface area contributed by atoms with Gasteiger partial charge in [0.05, 0.1) is 10.5 Å². The van der Waals surface area contributed by atoms with Crippen LogP contribution in [0.25, 0.3) is 0 Å². The summed E-state index contributed by atoms with van der Waals surface area (Å²) in [6.07, 6.45) is 2.71. The second-order valence-electron chi connectivity index (χ2n) is 3.81. The minimum atomic E-state index is -1.24. The fraction of sp³-hybridized carbons (Fsp3) is 0.455. The monoisotopic (exact) mass is 253 g/mol. The van der Waals surface area contributed by atoms with Gasteiger partial charge in [0.1, 0.15) is 0 Å². The lowest BCUT2D eigenvalue weighted by Crippen LogP contribution is -2.19. The van der Waals surface area contributed by atoms with Crippen molar-refractivity contribution < 1.29 is 14.8 Å². The van der Waals surface area contributed by atoms with Gasteiger partial charge in [-0.1, -0.05) is 13.8 Å². The predicted molar refractivity (Wildman–Crippen MR) is 65.8 cm³/mol. The quantitative estimate of drug-likeness (QED) is 0.595. The van der Waals surface area contributed by atoms with Crippen LogP contribution in [0.1, 0.15) is 37.0 Å². The van der Waals surface area contributed by atoms with Crippen LogP contribution in [0, 0.1) is 10.1 Å². The van der Waals surface area contributed by atoms with E-state index in [9.17, 15) is 14.9 Å². The molecule has 0 amide bonds. The molecule has 7 heteroatoms. The first kappa shape index (κ1) is 13.9. The summed E-state index contributed by atoms with van der Waals surface area (Å²) in [5, 5.41) is 22.6.